The molecule has 1 N–H and O–H groups in total. The van der Waals surface area contributed by atoms with Gasteiger partial charge in [-0.1, -0.05) is 6.07 Å². The van der Waals surface area contributed by atoms with Gasteiger partial charge >= 0.3 is 0 Å². The maximum Gasteiger partial charge on any atom is 0.123 e. The molecule has 0 bridgehead atoms. The molecule has 1 aromatic heterocycles. The average Bonchev–Trinajstić information content (AvgIpc) is 2.82. The maximum absolute atomic E-state index is 13.2. The van der Waals surface area contributed by atoms with Crippen molar-refractivity contribution < 1.29 is 9.50 Å². The molecular weight excluding hydrogens is 231 g/mol. The van der Waals surface area contributed by atoms with Crippen molar-refractivity contribution in [2.45, 2.75) is 32.9 Å². The van der Waals surface area contributed by atoms with Crippen LogP contribution in [0.2, 0.25) is 0 Å². The Morgan fingerprint density at radius 1 is 1.44 bits per heavy atom. The highest BCUT2D eigenvalue weighted by Crippen LogP contribution is 2.21. The lowest BCUT2D eigenvalue weighted by atomic mass is 10.0. The van der Waals surface area contributed by atoms with Crippen LogP contribution in [0.3, 0.4) is 0 Å². The lowest BCUT2D eigenvalue weighted by molar-refractivity contribution is 0.168. The number of aryl methyl sites for hydroxylation is 2. The van der Waals surface area contributed by atoms with Crippen molar-refractivity contribution in [3.05, 3.63) is 53.4 Å². The number of benzene rings is 1. The van der Waals surface area contributed by atoms with Gasteiger partial charge in [-0.2, -0.15) is 0 Å². The summed E-state index contributed by atoms with van der Waals surface area (Å²) >= 11 is 0. The fraction of sp³-hybridized carbons (Fsp3) is 0.357. The molecule has 0 saturated carbocycles. The third kappa shape index (κ3) is 2.59. The van der Waals surface area contributed by atoms with E-state index in [9.17, 15) is 9.50 Å². The van der Waals surface area contributed by atoms with Gasteiger partial charge in [-0.3, -0.25) is 0 Å². The van der Waals surface area contributed by atoms with Gasteiger partial charge in [0, 0.05) is 13.0 Å². The molecule has 4 heteroatoms. The van der Waals surface area contributed by atoms with Gasteiger partial charge in [0.1, 0.15) is 5.82 Å². The largest absolute Gasteiger partial charge is 0.386 e. The van der Waals surface area contributed by atoms with Gasteiger partial charge in [-0.25, -0.2) is 9.37 Å². The SMILES string of the molecule is CCn1cncc1C(O)Cc1cc(F)ccc1C. The highest BCUT2D eigenvalue weighted by atomic mass is 19.1. The van der Waals surface area contributed by atoms with Crippen molar-refractivity contribution >= 4 is 0 Å². The molecule has 1 unspecified atom stereocenters. The van der Waals surface area contributed by atoms with E-state index in [0.29, 0.717) is 6.42 Å². The first-order valence-electron chi connectivity index (χ1n) is 6.05. The van der Waals surface area contributed by atoms with Gasteiger partial charge < -0.3 is 9.67 Å². The molecule has 0 saturated heterocycles. The van der Waals surface area contributed by atoms with Crippen molar-refractivity contribution in [3.63, 3.8) is 0 Å². The van der Waals surface area contributed by atoms with E-state index in [1.165, 1.54) is 12.1 Å². The summed E-state index contributed by atoms with van der Waals surface area (Å²) in [6.45, 7) is 4.67. The number of aliphatic hydroxyl groups is 1. The van der Waals surface area contributed by atoms with Crippen LogP contribution in [0.5, 0.6) is 0 Å². The van der Waals surface area contributed by atoms with Crippen LogP contribution < -0.4 is 0 Å². The van der Waals surface area contributed by atoms with Crippen LogP contribution in [0, 0.1) is 12.7 Å². The Morgan fingerprint density at radius 2 is 2.22 bits per heavy atom. The van der Waals surface area contributed by atoms with Gasteiger partial charge in [0.15, 0.2) is 0 Å². The number of rotatable bonds is 4. The first-order valence-corrected chi connectivity index (χ1v) is 6.05. The summed E-state index contributed by atoms with van der Waals surface area (Å²) in [6.07, 6.45) is 3.09. The smallest absolute Gasteiger partial charge is 0.123 e. The molecule has 96 valence electrons. The zero-order valence-corrected chi connectivity index (χ0v) is 10.6. The topological polar surface area (TPSA) is 38.0 Å². The monoisotopic (exact) mass is 248 g/mol. The Bertz CT molecular complexity index is 536. The standard InChI is InChI=1S/C14H17FN2O/c1-3-17-9-16-8-13(17)14(18)7-11-6-12(15)5-4-10(11)2/h4-6,8-9,14,18H,3,7H2,1-2H3. The minimum Gasteiger partial charge on any atom is -0.386 e. The number of nitrogens with zero attached hydrogens (tertiary/aromatic N) is 2. The van der Waals surface area contributed by atoms with Gasteiger partial charge in [0.2, 0.25) is 0 Å². The van der Waals surface area contributed by atoms with Gasteiger partial charge in [-0.15, -0.1) is 0 Å². The van der Waals surface area contributed by atoms with E-state index in [4.69, 9.17) is 0 Å². The summed E-state index contributed by atoms with van der Waals surface area (Å²) < 4.78 is 15.1. The van der Waals surface area contributed by atoms with E-state index >= 15 is 0 Å². The molecule has 18 heavy (non-hydrogen) atoms. The molecule has 0 amide bonds. The number of imidazole rings is 1. The third-order valence-corrected chi connectivity index (χ3v) is 3.15. The molecule has 1 aromatic carbocycles. The van der Waals surface area contributed by atoms with Crippen LogP contribution in [0.4, 0.5) is 4.39 Å². The second-order valence-corrected chi connectivity index (χ2v) is 4.40. The molecule has 0 radical (unpaired) electrons. The van der Waals surface area contributed by atoms with Gasteiger partial charge in [-0.05, 0) is 37.1 Å². The maximum atomic E-state index is 13.2. The van der Waals surface area contributed by atoms with E-state index in [2.05, 4.69) is 4.98 Å². The predicted octanol–water partition coefficient (Wildman–Crippen LogP) is 2.63. The van der Waals surface area contributed by atoms with Gasteiger partial charge in [0.05, 0.1) is 24.3 Å². The number of hydrogen-bond donors (Lipinski definition) is 1. The van der Waals surface area contributed by atoms with Crippen LogP contribution >= 0.6 is 0 Å². The molecule has 1 atom stereocenters. The fourth-order valence-corrected chi connectivity index (χ4v) is 2.05. The highest BCUT2D eigenvalue weighted by Gasteiger charge is 2.14. The first-order chi connectivity index (χ1) is 8.61. The molecule has 0 spiro atoms. The molecule has 0 fully saturated rings. The first kappa shape index (κ1) is 12.8. The third-order valence-electron chi connectivity index (χ3n) is 3.15. The van der Waals surface area contributed by atoms with Crippen LogP contribution in [0.1, 0.15) is 29.8 Å². The molecular formula is C14H17FN2O. The summed E-state index contributed by atoms with van der Waals surface area (Å²) in [6, 6.07) is 4.64. The minimum atomic E-state index is -0.659. The van der Waals surface area contributed by atoms with Crippen LogP contribution in [-0.2, 0) is 13.0 Å². The normalized spacial score (nSPS) is 12.7. The Hall–Kier alpha value is -1.68. The van der Waals surface area contributed by atoms with Crippen LogP contribution in [-0.4, -0.2) is 14.7 Å². The molecule has 3 nitrogen and oxygen atoms in total. The zero-order chi connectivity index (χ0) is 13.1. The van der Waals surface area contributed by atoms with E-state index in [1.54, 1.807) is 18.6 Å². The fourth-order valence-electron chi connectivity index (χ4n) is 2.05. The quantitative estimate of drug-likeness (QED) is 0.903. The summed E-state index contributed by atoms with van der Waals surface area (Å²) in [4.78, 5) is 4.02. The van der Waals surface area contributed by atoms with Crippen molar-refractivity contribution in [2.75, 3.05) is 0 Å². The van der Waals surface area contributed by atoms with E-state index in [-0.39, 0.29) is 5.82 Å². The molecule has 2 aromatic rings. The Morgan fingerprint density at radius 3 is 2.94 bits per heavy atom. The average molecular weight is 248 g/mol. The zero-order valence-electron chi connectivity index (χ0n) is 10.6. The van der Waals surface area contributed by atoms with Crippen LogP contribution in [0.25, 0.3) is 0 Å². The van der Waals surface area contributed by atoms with E-state index in [0.717, 1.165) is 23.4 Å². The van der Waals surface area contributed by atoms with Crippen molar-refractivity contribution in [1.29, 1.82) is 0 Å². The number of aromatic nitrogens is 2. The Labute approximate surface area is 106 Å². The molecule has 1 heterocycles. The number of halogens is 1. The summed E-state index contributed by atoms with van der Waals surface area (Å²) in [7, 11) is 0. The molecule has 2 rings (SSSR count). The predicted molar refractivity (Wildman–Crippen MR) is 67.7 cm³/mol. The lowest BCUT2D eigenvalue weighted by Gasteiger charge is -2.14. The Balaban J connectivity index is 2.21. The van der Waals surface area contributed by atoms with E-state index < -0.39 is 6.10 Å². The molecule has 0 aliphatic carbocycles. The second kappa shape index (κ2) is 5.31. The number of hydrogen-bond acceptors (Lipinski definition) is 2. The van der Waals surface area contributed by atoms with Crippen molar-refractivity contribution in [1.82, 2.24) is 9.55 Å². The van der Waals surface area contributed by atoms with Gasteiger partial charge in [0.25, 0.3) is 0 Å². The van der Waals surface area contributed by atoms with Crippen LogP contribution in [0.15, 0.2) is 30.7 Å². The van der Waals surface area contributed by atoms with Crippen molar-refractivity contribution in [3.8, 4) is 0 Å². The molecule has 0 aliphatic rings. The summed E-state index contributed by atoms with van der Waals surface area (Å²) in [5.74, 6) is -0.271. The molecule has 0 aliphatic heterocycles. The minimum absolute atomic E-state index is 0.271. The summed E-state index contributed by atoms with van der Waals surface area (Å²) in [5.41, 5.74) is 2.57. The van der Waals surface area contributed by atoms with E-state index in [1.807, 2.05) is 18.4 Å². The number of aliphatic hydroxyl groups excluding tert-OH is 1. The second-order valence-electron chi connectivity index (χ2n) is 4.40. The summed E-state index contributed by atoms with van der Waals surface area (Å²) in [5, 5.41) is 10.2. The highest BCUT2D eigenvalue weighted by molar-refractivity contribution is 5.28. The lowest BCUT2D eigenvalue weighted by Crippen LogP contribution is -2.09. The van der Waals surface area contributed by atoms with Crippen molar-refractivity contribution in [2.24, 2.45) is 0 Å². The Kier molecular flexibility index (Phi) is 3.77.